The largest absolute Gasteiger partial charge is 0.353 e. The average Bonchev–Trinajstić information content (AvgIpc) is 2.54. The number of hydrogen-bond acceptors (Lipinski definition) is 6. The van der Waals surface area contributed by atoms with Gasteiger partial charge in [-0.2, -0.15) is 4.98 Å². The Balaban J connectivity index is 1.70. The fourth-order valence-corrected chi connectivity index (χ4v) is 2.81. The van der Waals surface area contributed by atoms with E-state index in [4.69, 9.17) is 4.98 Å². The molecule has 0 saturated carbocycles. The molecule has 3 rings (SSSR count). The van der Waals surface area contributed by atoms with Crippen LogP contribution in [0.15, 0.2) is 30.5 Å². The van der Waals surface area contributed by atoms with Crippen molar-refractivity contribution in [1.29, 1.82) is 0 Å². The Morgan fingerprint density at radius 2 is 1.62 bits per heavy atom. The van der Waals surface area contributed by atoms with Crippen molar-refractivity contribution in [3.63, 3.8) is 0 Å². The number of hydrogen-bond donors (Lipinski definition) is 1. The van der Waals surface area contributed by atoms with E-state index in [0.717, 1.165) is 43.5 Å². The standard InChI is InChI=1S/C18H26N6/c1-14-13-16(21-17(20-14)22-18(2,3)4)24-11-9-23(10-12-24)15-7-5-6-8-19-15/h5-8,13H,9-12H2,1-4H3,(H,20,21,22). The highest BCUT2D eigenvalue weighted by Gasteiger charge is 2.20. The SMILES string of the molecule is Cc1cc(N2CCN(c3ccccn3)CC2)nc(NC(C)(C)C)n1. The van der Waals surface area contributed by atoms with Gasteiger partial charge < -0.3 is 15.1 Å². The fraction of sp³-hybridized carbons (Fsp3) is 0.500. The smallest absolute Gasteiger partial charge is 0.225 e. The highest BCUT2D eigenvalue weighted by atomic mass is 15.3. The summed E-state index contributed by atoms with van der Waals surface area (Å²) in [4.78, 5) is 18.3. The summed E-state index contributed by atoms with van der Waals surface area (Å²) in [5.74, 6) is 2.74. The first kappa shape index (κ1) is 16.5. The molecule has 1 saturated heterocycles. The summed E-state index contributed by atoms with van der Waals surface area (Å²) in [5, 5.41) is 3.37. The summed E-state index contributed by atoms with van der Waals surface area (Å²) in [6.07, 6.45) is 1.85. The molecule has 0 amide bonds. The molecule has 3 heterocycles. The van der Waals surface area contributed by atoms with Crippen LogP contribution in [-0.2, 0) is 0 Å². The van der Waals surface area contributed by atoms with Crippen LogP contribution >= 0.6 is 0 Å². The quantitative estimate of drug-likeness (QED) is 0.936. The summed E-state index contributed by atoms with van der Waals surface area (Å²) in [5.41, 5.74) is 0.932. The number of rotatable bonds is 3. The molecule has 6 nitrogen and oxygen atoms in total. The van der Waals surface area contributed by atoms with Crippen LogP contribution in [0, 0.1) is 6.92 Å². The Labute approximate surface area is 143 Å². The van der Waals surface area contributed by atoms with Crippen LogP contribution in [0.1, 0.15) is 26.5 Å². The second kappa shape index (κ2) is 6.63. The van der Waals surface area contributed by atoms with Crippen molar-refractivity contribution >= 4 is 17.6 Å². The summed E-state index contributed by atoms with van der Waals surface area (Å²) in [6, 6.07) is 8.11. The third-order valence-electron chi connectivity index (χ3n) is 3.90. The van der Waals surface area contributed by atoms with E-state index in [2.05, 4.69) is 58.0 Å². The molecule has 0 radical (unpaired) electrons. The van der Waals surface area contributed by atoms with Gasteiger partial charge in [-0.05, 0) is 39.8 Å². The third kappa shape index (κ3) is 4.13. The minimum absolute atomic E-state index is 0.0528. The molecule has 2 aromatic rings. The van der Waals surface area contributed by atoms with Crippen molar-refractivity contribution in [2.75, 3.05) is 41.3 Å². The van der Waals surface area contributed by atoms with Crippen molar-refractivity contribution in [3.05, 3.63) is 36.2 Å². The summed E-state index contributed by atoms with van der Waals surface area (Å²) >= 11 is 0. The van der Waals surface area contributed by atoms with E-state index in [9.17, 15) is 0 Å². The molecule has 2 aromatic heterocycles. The first-order valence-corrected chi connectivity index (χ1v) is 8.45. The van der Waals surface area contributed by atoms with Gasteiger partial charge in [0.2, 0.25) is 5.95 Å². The predicted octanol–water partition coefficient (Wildman–Crippen LogP) is 2.72. The maximum absolute atomic E-state index is 4.71. The number of piperazine rings is 1. The van der Waals surface area contributed by atoms with Crippen LogP contribution in [0.4, 0.5) is 17.6 Å². The van der Waals surface area contributed by atoms with Crippen molar-refractivity contribution in [1.82, 2.24) is 15.0 Å². The van der Waals surface area contributed by atoms with E-state index in [1.54, 1.807) is 0 Å². The highest BCUT2D eigenvalue weighted by Crippen LogP contribution is 2.20. The zero-order valence-corrected chi connectivity index (χ0v) is 15.0. The number of pyridine rings is 1. The van der Waals surface area contributed by atoms with Gasteiger partial charge >= 0.3 is 0 Å². The van der Waals surface area contributed by atoms with Crippen LogP contribution in [0.3, 0.4) is 0 Å². The molecule has 24 heavy (non-hydrogen) atoms. The molecule has 128 valence electrons. The van der Waals surface area contributed by atoms with Gasteiger partial charge in [0.25, 0.3) is 0 Å². The second-order valence-corrected chi connectivity index (χ2v) is 7.23. The number of aryl methyl sites for hydroxylation is 1. The lowest BCUT2D eigenvalue weighted by Gasteiger charge is -2.36. The molecule has 6 heteroatoms. The lowest BCUT2D eigenvalue weighted by atomic mass is 10.1. The van der Waals surface area contributed by atoms with Gasteiger partial charge in [-0.3, -0.25) is 0 Å². The van der Waals surface area contributed by atoms with Crippen LogP contribution < -0.4 is 15.1 Å². The molecule has 0 aliphatic carbocycles. The first-order chi connectivity index (χ1) is 11.4. The lowest BCUT2D eigenvalue weighted by molar-refractivity contribution is 0.620. The zero-order valence-electron chi connectivity index (χ0n) is 15.0. The van der Waals surface area contributed by atoms with Crippen molar-refractivity contribution < 1.29 is 0 Å². The Morgan fingerprint density at radius 3 is 2.21 bits per heavy atom. The summed E-state index contributed by atoms with van der Waals surface area (Å²) in [7, 11) is 0. The van der Waals surface area contributed by atoms with Crippen molar-refractivity contribution in [2.45, 2.75) is 33.2 Å². The molecule has 0 aromatic carbocycles. The van der Waals surface area contributed by atoms with Crippen LogP contribution in [-0.4, -0.2) is 46.7 Å². The lowest BCUT2D eigenvalue weighted by Crippen LogP contribution is -2.47. The number of nitrogens with one attached hydrogen (secondary N) is 1. The Kier molecular flexibility index (Phi) is 4.55. The molecule has 0 atom stereocenters. The fourth-order valence-electron chi connectivity index (χ4n) is 2.81. The summed E-state index contributed by atoms with van der Waals surface area (Å²) in [6.45, 7) is 12.1. The Morgan fingerprint density at radius 1 is 0.958 bits per heavy atom. The minimum Gasteiger partial charge on any atom is -0.353 e. The minimum atomic E-state index is -0.0528. The topological polar surface area (TPSA) is 57.2 Å². The van der Waals surface area contributed by atoms with E-state index in [0.29, 0.717) is 5.95 Å². The Hall–Kier alpha value is -2.37. The molecule has 0 spiro atoms. The summed E-state index contributed by atoms with van der Waals surface area (Å²) < 4.78 is 0. The highest BCUT2D eigenvalue weighted by molar-refractivity contribution is 5.48. The van der Waals surface area contributed by atoms with Crippen molar-refractivity contribution in [2.24, 2.45) is 0 Å². The zero-order chi connectivity index (χ0) is 17.2. The second-order valence-electron chi connectivity index (χ2n) is 7.23. The van der Waals surface area contributed by atoms with Gasteiger partial charge in [0, 0.05) is 49.7 Å². The molecule has 1 aliphatic heterocycles. The van der Waals surface area contributed by atoms with Crippen LogP contribution in [0.25, 0.3) is 0 Å². The van der Waals surface area contributed by atoms with Gasteiger partial charge in [-0.1, -0.05) is 6.07 Å². The number of anilines is 3. The predicted molar refractivity (Wildman–Crippen MR) is 98.8 cm³/mol. The van der Waals surface area contributed by atoms with E-state index in [1.165, 1.54) is 0 Å². The molecule has 1 fully saturated rings. The third-order valence-corrected chi connectivity index (χ3v) is 3.90. The molecule has 1 aliphatic rings. The van der Waals surface area contributed by atoms with Gasteiger partial charge in [-0.25, -0.2) is 9.97 Å². The molecule has 0 bridgehead atoms. The van der Waals surface area contributed by atoms with E-state index < -0.39 is 0 Å². The monoisotopic (exact) mass is 326 g/mol. The van der Waals surface area contributed by atoms with Crippen molar-refractivity contribution in [3.8, 4) is 0 Å². The first-order valence-electron chi connectivity index (χ1n) is 8.45. The molecular formula is C18H26N6. The van der Waals surface area contributed by atoms with Gasteiger partial charge in [-0.15, -0.1) is 0 Å². The van der Waals surface area contributed by atoms with Gasteiger partial charge in [0.05, 0.1) is 0 Å². The van der Waals surface area contributed by atoms with Crippen LogP contribution in [0.5, 0.6) is 0 Å². The normalized spacial score (nSPS) is 15.5. The number of aromatic nitrogens is 3. The maximum atomic E-state index is 4.71. The van der Waals surface area contributed by atoms with E-state index in [1.807, 2.05) is 25.3 Å². The molecule has 1 N–H and O–H groups in total. The molecule has 0 unspecified atom stereocenters. The van der Waals surface area contributed by atoms with Crippen LogP contribution in [0.2, 0.25) is 0 Å². The van der Waals surface area contributed by atoms with E-state index in [-0.39, 0.29) is 5.54 Å². The number of nitrogens with zero attached hydrogens (tertiary/aromatic N) is 5. The Bertz CT molecular complexity index is 672. The van der Waals surface area contributed by atoms with E-state index >= 15 is 0 Å². The van der Waals surface area contributed by atoms with Gasteiger partial charge in [0.15, 0.2) is 0 Å². The van der Waals surface area contributed by atoms with Gasteiger partial charge in [0.1, 0.15) is 11.6 Å². The average molecular weight is 326 g/mol. The maximum Gasteiger partial charge on any atom is 0.225 e. The molecular weight excluding hydrogens is 300 g/mol.